The van der Waals surface area contributed by atoms with Crippen molar-refractivity contribution in [3.05, 3.63) is 0 Å². The van der Waals surface area contributed by atoms with Gasteiger partial charge in [0.2, 0.25) is 0 Å². The zero-order valence-electron chi connectivity index (χ0n) is 8.73. The molecule has 0 unspecified atom stereocenters. The molecule has 0 aromatic carbocycles. The molecule has 1 aliphatic heterocycles. The van der Waals surface area contributed by atoms with Crippen LogP contribution in [0.25, 0.3) is 0 Å². The minimum atomic E-state index is 0.816. The highest BCUT2D eigenvalue weighted by molar-refractivity contribution is 4.67. The van der Waals surface area contributed by atoms with Crippen molar-refractivity contribution in [3.63, 3.8) is 0 Å². The zero-order chi connectivity index (χ0) is 9.23. The summed E-state index contributed by atoms with van der Waals surface area (Å²) in [6, 6.07) is 0. The van der Waals surface area contributed by atoms with E-state index in [-0.39, 0.29) is 0 Å². The third-order valence-electron chi connectivity index (χ3n) is 1.86. The van der Waals surface area contributed by atoms with Gasteiger partial charge in [-0.2, -0.15) is 0 Å². The minimum absolute atomic E-state index is 0.816. The van der Waals surface area contributed by atoms with Crippen molar-refractivity contribution in [3.8, 4) is 0 Å². The van der Waals surface area contributed by atoms with Gasteiger partial charge in [0.1, 0.15) is 0 Å². The second kappa shape index (κ2) is 9.01. The molecule has 0 spiro atoms. The van der Waals surface area contributed by atoms with Crippen molar-refractivity contribution in [1.82, 2.24) is 5.32 Å². The summed E-state index contributed by atoms with van der Waals surface area (Å²) in [5, 5.41) is 3.32. The van der Waals surface area contributed by atoms with E-state index < -0.39 is 0 Å². The van der Waals surface area contributed by atoms with Gasteiger partial charge >= 0.3 is 0 Å². The fourth-order valence-corrected chi connectivity index (χ4v) is 1.28. The molecule has 12 heavy (non-hydrogen) atoms. The van der Waals surface area contributed by atoms with Gasteiger partial charge in [-0.15, -0.1) is 0 Å². The van der Waals surface area contributed by atoms with Crippen LogP contribution in [-0.4, -0.2) is 26.8 Å². The number of hydrogen-bond donors (Lipinski definition) is 1. The Morgan fingerprint density at radius 3 is 2.17 bits per heavy atom. The van der Waals surface area contributed by atoms with Crippen LogP contribution in [0.15, 0.2) is 0 Å². The molecule has 0 atom stereocenters. The van der Waals surface area contributed by atoms with Crippen LogP contribution in [0.2, 0.25) is 0 Å². The Labute approximate surface area is 76.7 Å². The molecule has 0 amide bonds. The zero-order valence-corrected chi connectivity index (χ0v) is 8.73. The quantitative estimate of drug-likeness (QED) is 0.690. The van der Waals surface area contributed by atoms with Crippen LogP contribution in [0.5, 0.6) is 0 Å². The van der Waals surface area contributed by atoms with Gasteiger partial charge in [0, 0.05) is 13.7 Å². The van der Waals surface area contributed by atoms with Crippen LogP contribution in [0.1, 0.15) is 33.1 Å². The van der Waals surface area contributed by atoms with E-state index in [0.717, 1.165) is 12.5 Å². The molecule has 1 N–H and O–H groups in total. The van der Waals surface area contributed by atoms with E-state index in [4.69, 9.17) is 4.74 Å². The lowest BCUT2D eigenvalue weighted by molar-refractivity contribution is 0.135. The van der Waals surface area contributed by atoms with Crippen LogP contribution in [0.3, 0.4) is 0 Å². The first-order valence-corrected chi connectivity index (χ1v) is 5.04. The fourth-order valence-electron chi connectivity index (χ4n) is 1.28. The molecule has 1 aliphatic rings. The third-order valence-corrected chi connectivity index (χ3v) is 1.86. The molecule has 1 saturated heterocycles. The maximum absolute atomic E-state index is 5.05. The number of rotatable bonds is 2. The van der Waals surface area contributed by atoms with Crippen LogP contribution in [0.4, 0.5) is 0 Å². The van der Waals surface area contributed by atoms with Gasteiger partial charge in [-0.05, 0) is 31.8 Å². The van der Waals surface area contributed by atoms with Crippen molar-refractivity contribution >= 4 is 0 Å². The van der Waals surface area contributed by atoms with Crippen molar-refractivity contribution in [2.75, 3.05) is 26.8 Å². The fraction of sp³-hybridized carbons (Fsp3) is 1.00. The van der Waals surface area contributed by atoms with Gasteiger partial charge < -0.3 is 10.1 Å². The molecule has 0 bridgehead atoms. The molecule has 2 nitrogen and oxygen atoms in total. The Hall–Kier alpha value is -0.0800. The number of piperidine rings is 1. The Bertz CT molecular complexity index is 77.2. The summed E-state index contributed by atoms with van der Waals surface area (Å²) in [6.45, 7) is 7.55. The average Bonchev–Trinajstić information content (AvgIpc) is 2.08. The highest BCUT2D eigenvalue weighted by Gasteiger charge is 2.11. The van der Waals surface area contributed by atoms with Gasteiger partial charge in [0.25, 0.3) is 0 Å². The maximum Gasteiger partial charge on any atom is 0.0491 e. The number of hydrogen-bond acceptors (Lipinski definition) is 2. The van der Waals surface area contributed by atoms with Crippen molar-refractivity contribution in [2.24, 2.45) is 5.92 Å². The Morgan fingerprint density at radius 2 is 1.75 bits per heavy atom. The monoisotopic (exact) mass is 173 g/mol. The van der Waals surface area contributed by atoms with Crippen LogP contribution < -0.4 is 5.32 Å². The smallest absolute Gasteiger partial charge is 0.0491 e. The van der Waals surface area contributed by atoms with E-state index in [1.54, 1.807) is 7.11 Å². The highest BCUT2D eigenvalue weighted by atomic mass is 16.5. The molecule has 1 rings (SSSR count). The van der Waals surface area contributed by atoms with Crippen molar-refractivity contribution in [2.45, 2.75) is 33.1 Å². The van der Waals surface area contributed by atoms with Crippen LogP contribution in [-0.2, 0) is 4.74 Å². The second-order valence-corrected chi connectivity index (χ2v) is 3.36. The highest BCUT2D eigenvalue weighted by Crippen LogP contribution is 2.10. The largest absolute Gasteiger partial charge is 0.384 e. The lowest BCUT2D eigenvalue weighted by atomic mass is 10.00. The van der Waals surface area contributed by atoms with E-state index in [1.807, 2.05) is 0 Å². The van der Waals surface area contributed by atoms with Gasteiger partial charge in [0.15, 0.2) is 0 Å². The van der Waals surface area contributed by atoms with Gasteiger partial charge in [-0.3, -0.25) is 0 Å². The molecule has 74 valence electrons. The number of methoxy groups -OCH3 is 1. The molecular weight excluding hydrogens is 150 g/mol. The van der Waals surface area contributed by atoms with E-state index in [9.17, 15) is 0 Å². The molecular formula is C10H23NO. The molecule has 0 radical (unpaired) electrons. The molecule has 0 saturated carbocycles. The lowest BCUT2D eigenvalue weighted by Gasteiger charge is -2.21. The van der Waals surface area contributed by atoms with E-state index >= 15 is 0 Å². The SMILES string of the molecule is CCC.COCC1CCNCC1. The van der Waals surface area contributed by atoms with Gasteiger partial charge in [-0.1, -0.05) is 20.3 Å². The summed E-state index contributed by atoms with van der Waals surface area (Å²) in [7, 11) is 1.78. The summed E-state index contributed by atoms with van der Waals surface area (Å²) in [5.41, 5.74) is 0. The Morgan fingerprint density at radius 1 is 1.25 bits per heavy atom. The maximum atomic E-state index is 5.05. The van der Waals surface area contributed by atoms with E-state index in [1.165, 1.54) is 32.4 Å². The third kappa shape index (κ3) is 6.62. The number of nitrogens with one attached hydrogen (secondary N) is 1. The summed E-state index contributed by atoms with van der Waals surface area (Å²) < 4.78 is 5.05. The first kappa shape index (κ1) is 11.9. The predicted octanol–water partition coefficient (Wildman–Crippen LogP) is 2.05. The standard InChI is InChI=1S/C7H15NO.C3H8/c1-9-6-7-2-4-8-5-3-7;1-3-2/h7-8H,2-6H2,1H3;3H2,1-2H3. The first-order valence-electron chi connectivity index (χ1n) is 5.04. The Kier molecular flexibility index (Phi) is 8.95. The second-order valence-electron chi connectivity index (χ2n) is 3.36. The molecule has 0 aromatic rings. The summed E-state index contributed by atoms with van der Waals surface area (Å²) in [6.07, 6.45) is 3.82. The van der Waals surface area contributed by atoms with Gasteiger partial charge in [-0.25, -0.2) is 0 Å². The van der Waals surface area contributed by atoms with Gasteiger partial charge in [0.05, 0.1) is 0 Å². The van der Waals surface area contributed by atoms with E-state index in [2.05, 4.69) is 19.2 Å². The predicted molar refractivity (Wildman–Crippen MR) is 53.4 cm³/mol. The summed E-state index contributed by atoms with van der Waals surface area (Å²) >= 11 is 0. The first-order chi connectivity index (χ1) is 5.85. The van der Waals surface area contributed by atoms with Crippen molar-refractivity contribution in [1.29, 1.82) is 0 Å². The average molecular weight is 173 g/mol. The summed E-state index contributed by atoms with van der Waals surface area (Å²) in [5.74, 6) is 0.816. The molecule has 0 aromatic heterocycles. The minimum Gasteiger partial charge on any atom is -0.384 e. The summed E-state index contributed by atoms with van der Waals surface area (Å²) in [4.78, 5) is 0. The van der Waals surface area contributed by atoms with E-state index in [0.29, 0.717) is 0 Å². The molecule has 1 heterocycles. The normalized spacial score (nSPS) is 18.2. The molecule has 1 fully saturated rings. The van der Waals surface area contributed by atoms with Crippen molar-refractivity contribution < 1.29 is 4.74 Å². The number of ether oxygens (including phenoxy) is 1. The lowest BCUT2D eigenvalue weighted by Crippen LogP contribution is -2.29. The Balaban J connectivity index is 0.000000354. The topological polar surface area (TPSA) is 21.3 Å². The van der Waals surface area contributed by atoms with Crippen LogP contribution in [0, 0.1) is 5.92 Å². The van der Waals surface area contributed by atoms with Crippen LogP contribution >= 0.6 is 0 Å². The molecule has 0 aliphatic carbocycles. The molecule has 2 heteroatoms.